The van der Waals surface area contributed by atoms with Gasteiger partial charge in [-0.25, -0.2) is 4.98 Å². The van der Waals surface area contributed by atoms with Crippen LogP contribution in [0.5, 0.6) is 5.88 Å². The van der Waals surface area contributed by atoms with Crippen LogP contribution in [0.2, 0.25) is 0 Å². The lowest BCUT2D eigenvalue weighted by atomic mass is 10.1. The van der Waals surface area contributed by atoms with Crippen LogP contribution in [0.25, 0.3) is 0 Å². The highest BCUT2D eigenvalue weighted by molar-refractivity contribution is 8.00. The normalized spacial score (nSPS) is 19.4. The molecule has 2 heterocycles. The van der Waals surface area contributed by atoms with Crippen molar-refractivity contribution in [1.82, 2.24) is 9.97 Å². The van der Waals surface area contributed by atoms with Crippen LogP contribution in [0.1, 0.15) is 23.7 Å². The zero-order chi connectivity index (χ0) is 11.7. The first-order valence-corrected chi connectivity index (χ1v) is 6.96. The summed E-state index contributed by atoms with van der Waals surface area (Å²) < 4.78 is 5.16. The van der Waals surface area contributed by atoms with Gasteiger partial charge in [0.1, 0.15) is 10.6 Å². The smallest absolute Gasteiger partial charge is 0.229 e. The van der Waals surface area contributed by atoms with Gasteiger partial charge in [0, 0.05) is 11.7 Å². The van der Waals surface area contributed by atoms with Crippen LogP contribution in [0.3, 0.4) is 0 Å². The van der Waals surface area contributed by atoms with Crippen molar-refractivity contribution in [2.24, 2.45) is 0 Å². The second-order valence-electron chi connectivity index (χ2n) is 3.46. The summed E-state index contributed by atoms with van der Waals surface area (Å²) in [5, 5.41) is 1.67. The van der Waals surface area contributed by atoms with Gasteiger partial charge in [-0.1, -0.05) is 18.7 Å². The van der Waals surface area contributed by atoms with Crippen LogP contribution in [0, 0.1) is 0 Å². The van der Waals surface area contributed by atoms with Crippen LogP contribution >= 0.6 is 23.5 Å². The van der Waals surface area contributed by atoms with Gasteiger partial charge in [-0.05, 0) is 6.26 Å². The molecule has 0 N–H and O–H groups in total. The zero-order valence-corrected chi connectivity index (χ0v) is 10.9. The summed E-state index contributed by atoms with van der Waals surface area (Å²) in [4.78, 5) is 20.4. The van der Waals surface area contributed by atoms with E-state index in [1.807, 2.05) is 13.2 Å². The van der Waals surface area contributed by atoms with E-state index in [2.05, 4.69) is 9.97 Å². The maximum Gasteiger partial charge on any atom is 0.229 e. The molecule has 0 saturated heterocycles. The number of methoxy groups -OCH3 is 1. The van der Waals surface area contributed by atoms with Crippen molar-refractivity contribution in [2.45, 2.75) is 28.8 Å². The number of ether oxygens (including phenoxy) is 1. The van der Waals surface area contributed by atoms with E-state index in [1.165, 1.54) is 18.9 Å². The van der Waals surface area contributed by atoms with E-state index in [0.29, 0.717) is 23.0 Å². The minimum absolute atomic E-state index is 0.0748. The molecule has 0 radical (unpaired) electrons. The van der Waals surface area contributed by atoms with E-state index in [9.17, 15) is 4.79 Å². The molecular weight excluding hydrogens is 244 g/mol. The van der Waals surface area contributed by atoms with Gasteiger partial charge in [0.25, 0.3) is 0 Å². The molecule has 16 heavy (non-hydrogen) atoms. The number of nitrogens with zero attached hydrogens (tertiary/aromatic N) is 2. The highest BCUT2D eigenvalue weighted by Crippen LogP contribution is 2.38. The van der Waals surface area contributed by atoms with Crippen molar-refractivity contribution in [3.05, 3.63) is 5.56 Å². The molecule has 2 rings (SSSR count). The molecule has 86 valence electrons. The lowest BCUT2D eigenvalue weighted by Crippen LogP contribution is -2.18. The first-order chi connectivity index (χ1) is 7.65. The summed E-state index contributed by atoms with van der Waals surface area (Å²) in [5.74, 6) is 0.476. The Balaban J connectivity index is 2.56. The molecule has 1 aromatic heterocycles. The van der Waals surface area contributed by atoms with E-state index < -0.39 is 0 Å². The number of thioether (sulfide) groups is 2. The molecule has 0 aromatic carbocycles. The van der Waals surface area contributed by atoms with Crippen molar-refractivity contribution >= 4 is 29.3 Å². The monoisotopic (exact) mass is 256 g/mol. The number of ketones is 1. The number of fused-ring (bicyclic) bond motifs is 1. The maximum absolute atomic E-state index is 11.9. The van der Waals surface area contributed by atoms with Crippen LogP contribution in [0.4, 0.5) is 0 Å². The second kappa shape index (κ2) is 4.63. The van der Waals surface area contributed by atoms with Gasteiger partial charge in [-0.3, -0.25) is 4.79 Å². The van der Waals surface area contributed by atoms with Gasteiger partial charge in [0.15, 0.2) is 10.9 Å². The standard InChI is InChI=1S/C10H12N2O2S2/c1-5-4-6(13)7-8(14-2)11-10(15-3)12-9(7)16-5/h5H,4H2,1-3H3. The number of aromatic nitrogens is 2. The molecule has 4 nitrogen and oxygen atoms in total. The third-order valence-corrected chi connectivity index (χ3v) is 3.90. The van der Waals surface area contributed by atoms with Gasteiger partial charge in [-0.15, -0.1) is 11.8 Å². The van der Waals surface area contributed by atoms with Crippen molar-refractivity contribution in [1.29, 1.82) is 0 Å². The van der Waals surface area contributed by atoms with Gasteiger partial charge in [-0.2, -0.15) is 4.98 Å². The molecule has 1 unspecified atom stereocenters. The van der Waals surface area contributed by atoms with Crippen molar-refractivity contribution < 1.29 is 9.53 Å². The van der Waals surface area contributed by atoms with Gasteiger partial charge in [0.2, 0.25) is 5.88 Å². The summed E-state index contributed by atoms with van der Waals surface area (Å²) >= 11 is 3.06. The van der Waals surface area contributed by atoms with Crippen molar-refractivity contribution in [3.63, 3.8) is 0 Å². The van der Waals surface area contributed by atoms with Crippen LogP contribution in [0.15, 0.2) is 10.2 Å². The van der Waals surface area contributed by atoms with Crippen LogP contribution in [-0.4, -0.2) is 34.4 Å². The SMILES string of the molecule is COc1nc(SC)nc2c1C(=O)CC(C)S2. The molecule has 1 aliphatic heterocycles. The molecule has 0 spiro atoms. The lowest BCUT2D eigenvalue weighted by molar-refractivity contribution is 0.0972. The molecule has 1 atom stereocenters. The Labute approximate surface area is 103 Å². The van der Waals surface area contributed by atoms with E-state index in [1.54, 1.807) is 11.8 Å². The minimum atomic E-state index is 0.0748. The minimum Gasteiger partial charge on any atom is -0.480 e. The maximum atomic E-state index is 11.9. The van der Waals surface area contributed by atoms with Gasteiger partial charge >= 0.3 is 0 Å². The van der Waals surface area contributed by atoms with E-state index in [4.69, 9.17) is 4.74 Å². The average Bonchev–Trinajstić information content (AvgIpc) is 2.26. The highest BCUT2D eigenvalue weighted by atomic mass is 32.2. The number of carbonyl (C=O) groups is 1. The van der Waals surface area contributed by atoms with E-state index in [0.717, 1.165) is 5.03 Å². The fraction of sp³-hybridized carbons (Fsp3) is 0.500. The first kappa shape index (κ1) is 11.7. The van der Waals surface area contributed by atoms with Gasteiger partial charge in [0.05, 0.1) is 7.11 Å². The van der Waals surface area contributed by atoms with E-state index in [-0.39, 0.29) is 11.0 Å². The average molecular weight is 256 g/mol. The highest BCUT2D eigenvalue weighted by Gasteiger charge is 2.29. The fourth-order valence-corrected chi connectivity index (χ4v) is 3.05. The Kier molecular flexibility index (Phi) is 3.39. The van der Waals surface area contributed by atoms with Gasteiger partial charge < -0.3 is 4.74 Å². The molecule has 6 heteroatoms. The van der Waals surface area contributed by atoms with Crippen molar-refractivity contribution in [2.75, 3.05) is 13.4 Å². The van der Waals surface area contributed by atoms with Crippen LogP contribution in [-0.2, 0) is 0 Å². The Morgan fingerprint density at radius 1 is 1.50 bits per heavy atom. The second-order valence-corrected chi connectivity index (χ2v) is 5.66. The van der Waals surface area contributed by atoms with Crippen LogP contribution < -0.4 is 4.74 Å². The van der Waals surface area contributed by atoms with E-state index >= 15 is 0 Å². The Hall–Kier alpha value is -0.750. The summed E-state index contributed by atoms with van der Waals surface area (Å²) in [6.07, 6.45) is 2.43. The topological polar surface area (TPSA) is 52.1 Å². The molecule has 0 aliphatic carbocycles. The third-order valence-electron chi connectivity index (χ3n) is 2.26. The first-order valence-electron chi connectivity index (χ1n) is 4.85. The number of rotatable bonds is 2. The summed E-state index contributed by atoms with van der Waals surface area (Å²) in [5.41, 5.74) is 0.545. The fourth-order valence-electron chi connectivity index (χ4n) is 1.56. The Morgan fingerprint density at radius 3 is 2.88 bits per heavy atom. The predicted molar refractivity (Wildman–Crippen MR) is 64.6 cm³/mol. The Morgan fingerprint density at radius 2 is 2.25 bits per heavy atom. The number of carbonyl (C=O) groups excluding carboxylic acids is 1. The third kappa shape index (κ3) is 2.04. The number of Topliss-reactive ketones (excluding diaryl/α,β-unsaturated/α-hetero) is 1. The largest absolute Gasteiger partial charge is 0.480 e. The molecule has 0 amide bonds. The molecule has 1 aromatic rings. The zero-order valence-electron chi connectivity index (χ0n) is 9.31. The quantitative estimate of drug-likeness (QED) is 0.459. The number of hydrogen-bond donors (Lipinski definition) is 0. The lowest BCUT2D eigenvalue weighted by Gasteiger charge is -2.20. The molecule has 1 aliphatic rings. The predicted octanol–water partition coefficient (Wildman–Crippen LogP) is 2.27. The van der Waals surface area contributed by atoms with Crippen molar-refractivity contribution in [3.8, 4) is 5.88 Å². The molecule has 0 saturated carbocycles. The molecular formula is C10H12N2O2S2. The molecule has 0 fully saturated rings. The summed E-state index contributed by atoms with van der Waals surface area (Å²) in [7, 11) is 1.53. The summed E-state index contributed by atoms with van der Waals surface area (Å²) in [6, 6.07) is 0. The summed E-state index contributed by atoms with van der Waals surface area (Å²) in [6.45, 7) is 2.03. The number of hydrogen-bond acceptors (Lipinski definition) is 6. The Bertz CT molecular complexity index is 437. The molecule has 0 bridgehead atoms.